The number of aliphatic imine (C=N–C) groups is 1. The predicted octanol–water partition coefficient (Wildman–Crippen LogP) is 3.88. The molecule has 0 radical (unpaired) electrons. The van der Waals surface area contributed by atoms with Gasteiger partial charge < -0.3 is 10.6 Å². The molecule has 1 aromatic rings. The summed E-state index contributed by atoms with van der Waals surface area (Å²) >= 11 is 0. The monoisotopic (exact) mass is 520 g/mol. The lowest BCUT2D eigenvalue weighted by molar-refractivity contribution is -0.137. The van der Waals surface area contributed by atoms with Crippen molar-refractivity contribution in [3.05, 3.63) is 48.0 Å². The van der Waals surface area contributed by atoms with E-state index in [4.69, 9.17) is 0 Å². The number of rotatable bonds is 5. The number of hydrogen-bond donors (Lipinski definition) is 2. The quantitative estimate of drug-likeness (QED) is 0.204. The number of likely N-dealkylation sites (tertiary alicyclic amines) is 1. The lowest BCUT2D eigenvalue weighted by Gasteiger charge is -2.32. The number of hydrogen-bond acceptors (Lipinski definition) is 2. The van der Waals surface area contributed by atoms with Crippen LogP contribution in [0.15, 0.2) is 41.9 Å². The smallest absolute Gasteiger partial charge is 0.357 e. The lowest BCUT2D eigenvalue weighted by atomic mass is 10.1. The van der Waals surface area contributed by atoms with E-state index in [1.165, 1.54) is 6.07 Å². The summed E-state index contributed by atoms with van der Waals surface area (Å²) in [5.41, 5.74) is -0.363. The molecule has 2 N–H and O–H groups in total. The Hall–Kier alpha value is -1.73. The fourth-order valence-corrected chi connectivity index (χ4v) is 2.99. The molecule has 160 valence electrons. The van der Waals surface area contributed by atoms with Crippen molar-refractivity contribution in [2.24, 2.45) is 4.99 Å². The maximum Gasteiger partial charge on any atom is 0.416 e. The molecular weight excluding hydrogens is 492 g/mol. The number of benzene rings is 1. The van der Waals surface area contributed by atoms with Gasteiger partial charge in [-0.15, -0.1) is 30.6 Å². The Morgan fingerprint density at radius 1 is 1.34 bits per heavy atom. The molecule has 2 rings (SSSR count). The molecule has 0 atom stereocenters. The second kappa shape index (κ2) is 12.8. The van der Waals surface area contributed by atoms with Crippen LogP contribution in [0.2, 0.25) is 0 Å². The average molecular weight is 520 g/mol. The first-order chi connectivity index (χ1) is 13.4. The molecule has 1 fully saturated rings. The van der Waals surface area contributed by atoms with E-state index in [0.29, 0.717) is 17.6 Å². The fourth-order valence-electron chi connectivity index (χ4n) is 2.99. The van der Waals surface area contributed by atoms with E-state index in [-0.39, 0.29) is 30.5 Å². The summed E-state index contributed by atoms with van der Waals surface area (Å²) in [7, 11) is 0. The zero-order chi connectivity index (χ0) is 20.4. The van der Waals surface area contributed by atoms with E-state index in [9.17, 15) is 13.2 Å². The topological polar surface area (TPSA) is 39.7 Å². The number of nitrogens with zero attached hydrogens (tertiary/aromatic N) is 2. The van der Waals surface area contributed by atoms with Crippen LogP contribution in [0.3, 0.4) is 0 Å². The SMILES string of the molecule is C=CCN1CCC(NC(=NCC#Cc2cccc(C(F)(F)F)c2)NCC)CC1.I. The highest BCUT2D eigenvalue weighted by molar-refractivity contribution is 14.0. The highest BCUT2D eigenvalue weighted by Crippen LogP contribution is 2.29. The van der Waals surface area contributed by atoms with Crippen molar-refractivity contribution >= 4 is 29.9 Å². The van der Waals surface area contributed by atoms with E-state index in [2.05, 4.69) is 38.9 Å². The van der Waals surface area contributed by atoms with Gasteiger partial charge in [0.15, 0.2) is 5.96 Å². The summed E-state index contributed by atoms with van der Waals surface area (Å²) in [6, 6.07) is 5.36. The molecule has 8 heteroatoms. The summed E-state index contributed by atoms with van der Waals surface area (Å²) in [4.78, 5) is 6.77. The maximum absolute atomic E-state index is 12.7. The Balaban J connectivity index is 0.00000420. The minimum absolute atomic E-state index is 0. The number of alkyl halides is 3. The number of piperidine rings is 1. The average Bonchev–Trinajstić information content (AvgIpc) is 2.67. The van der Waals surface area contributed by atoms with Crippen LogP contribution in [0.5, 0.6) is 0 Å². The van der Waals surface area contributed by atoms with Crippen molar-refractivity contribution in [1.82, 2.24) is 15.5 Å². The number of guanidine groups is 1. The lowest BCUT2D eigenvalue weighted by Crippen LogP contribution is -2.48. The summed E-state index contributed by atoms with van der Waals surface area (Å²) in [5.74, 6) is 6.26. The molecule has 0 amide bonds. The van der Waals surface area contributed by atoms with E-state index in [0.717, 1.165) is 51.2 Å². The van der Waals surface area contributed by atoms with Crippen LogP contribution in [-0.4, -0.2) is 49.6 Å². The predicted molar refractivity (Wildman–Crippen MR) is 123 cm³/mol. The second-order valence-electron chi connectivity index (χ2n) is 6.58. The van der Waals surface area contributed by atoms with Gasteiger partial charge in [-0.25, -0.2) is 4.99 Å². The molecular formula is C21H28F3IN4. The third kappa shape index (κ3) is 9.09. The molecule has 0 bridgehead atoms. The van der Waals surface area contributed by atoms with Gasteiger partial charge >= 0.3 is 6.18 Å². The summed E-state index contributed by atoms with van der Waals surface area (Å²) < 4.78 is 38.2. The molecule has 1 aliphatic rings. The number of nitrogens with one attached hydrogen (secondary N) is 2. The van der Waals surface area contributed by atoms with Crippen molar-refractivity contribution in [3.63, 3.8) is 0 Å². The minimum Gasteiger partial charge on any atom is -0.357 e. The minimum atomic E-state index is -4.36. The van der Waals surface area contributed by atoms with Crippen molar-refractivity contribution < 1.29 is 13.2 Å². The molecule has 0 aromatic heterocycles. The fraction of sp³-hybridized carbons (Fsp3) is 0.476. The van der Waals surface area contributed by atoms with Gasteiger partial charge in [-0.1, -0.05) is 24.0 Å². The Morgan fingerprint density at radius 3 is 2.69 bits per heavy atom. The molecule has 0 spiro atoms. The first kappa shape index (κ1) is 25.3. The highest BCUT2D eigenvalue weighted by Gasteiger charge is 2.30. The van der Waals surface area contributed by atoms with Gasteiger partial charge in [0.1, 0.15) is 6.54 Å². The third-order valence-corrected chi connectivity index (χ3v) is 4.40. The normalized spacial score (nSPS) is 15.7. The standard InChI is InChI=1S/C21H27F3N4.HI/c1-3-13-28-14-10-19(11-15-28)27-20(25-4-2)26-12-6-8-17-7-5-9-18(16-17)21(22,23)24;/h3,5,7,9,16,19H,1,4,10-15H2,2H3,(H2,25,26,27);1H. The first-order valence-electron chi connectivity index (χ1n) is 9.46. The summed E-state index contributed by atoms with van der Waals surface area (Å²) in [6.07, 6.45) is -0.399. The molecule has 0 saturated carbocycles. The van der Waals surface area contributed by atoms with Crippen molar-refractivity contribution in [1.29, 1.82) is 0 Å². The third-order valence-electron chi connectivity index (χ3n) is 4.40. The van der Waals surface area contributed by atoms with E-state index >= 15 is 0 Å². The van der Waals surface area contributed by atoms with Crippen molar-refractivity contribution in [2.45, 2.75) is 32.0 Å². The van der Waals surface area contributed by atoms with Crippen LogP contribution in [0.25, 0.3) is 0 Å². The van der Waals surface area contributed by atoms with E-state index < -0.39 is 11.7 Å². The van der Waals surface area contributed by atoms with Gasteiger partial charge in [0.25, 0.3) is 0 Å². The zero-order valence-electron chi connectivity index (χ0n) is 16.6. The maximum atomic E-state index is 12.7. The van der Waals surface area contributed by atoms with Crippen LogP contribution >= 0.6 is 24.0 Å². The second-order valence-corrected chi connectivity index (χ2v) is 6.58. The zero-order valence-corrected chi connectivity index (χ0v) is 18.9. The Kier molecular flexibility index (Phi) is 11.1. The van der Waals surface area contributed by atoms with Crippen LogP contribution in [-0.2, 0) is 6.18 Å². The van der Waals surface area contributed by atoms with Gasteiger partial charge in [-0.05, 0) is 38.0 Å². The molecule has 0 unspecified atom stereocenters. The highest BCUT2D eigenvalue weighted by atomic mass is 127. The van der Waals surface area contributed by atoms with Crippen LogP contribution in [0.4, 0.5) is 13.2 Å². The summed E-state index contributed by atoms with van der Waals surface area (Å²) in [6.45, 7) is 9.62. The molecule has 1 aliphatic heterocycles. The molecule has 4 nitrogen and oxygen atoms in total. The first-order valence-corrected chi connectivity index (χ1v) is 9.46. The van der Waals surface area contributed by atoms with Crippen LogP contribution in [0.1, 0.15) is 30.9 Å². The Morgan fingerprint density at radius 2 is 2.07 bits per heavy atom. The molecule has 29 heavy (non-hydrogen) atoms. The summed E-state index contributed by atoms with van der Waals surface area (Å²) in [5, 5.41) is 6.60. The van der Waals surface area contributed by atoms with Crippen LogP contribution < -0.4 is 10.6 Å². The largest absolute Gasteiger partial charge is 0.416 e. The van der Waals surface area contributed by atoms with Gasteiger partial charge in [0.05, 0.1) is 5.56 Å². The van der Waals surface area contributed by atoms with Gasteiger partial charge in [0.2, 0.25) is 0 Å². The van der Waals surface area contributed by atoms with Crippen molar-refractivity contribution in [2.75, 3.05) is 32.7 Å². The number of halogens is 4. The van der Waals surface area contributed by atoms with Gasteiger partial charge in [-0.2, -0.15) is 13.2 Å². The molecule has 0 aliphatic carbocycles. The van der Waals surface area contributed by atoms with Crippen molar-refractivity contribution in [3.8, 4) is 11.8 Å². The van der Waals surface area contributed by atoms with Crippen LogP contribution in [0, 0.1) is 11.8 Å². The van der Waals surface area contributed by atoms with E-state index in [1.807, 2.05) is 13.0 Å². The van der Waals surface area contributed by atoms with Gasteiger partial charge in [-0.3, -0.25) is 4.90 Å². The molecule has 1 saturated heterocycles. The van der Waals surface area contributed by atoms with Gasteiger partial charge in [0, 0.05) is 37.8 Å². The molecule has 1 heterocycles. The molecule has 1 aromatic carbocycles. The Bertz CT molecular complexity index is 729. The Labute approximate surface area is 188 Å². The van der Waals surface area contributed by atoms with E-state index in [1.54, 1.807) is 6.07 Å².